The lowest BCUT2D eigenvalue weighted by molar-refractivity contribution is -0.132. The monoisotopic (exact) mass is 298 g/mol. The highest BCUT2D eigenvalue weighted by atomic mass is 16.2. The lowest BCUT2D eigenvalue weighted by Gasteiger charge is -2.23. The molecule has 2 aromatic rings. The molecule has 1 aliphatic heterocycles. The Labute approximate surface area is 130 Å². The van der Waals surface area contributed by atoms with Crippen LogP contribution in [0.4, 0.5) is 5.95 Å². The number of nitrogens with zero attached hydrogens (tertiary/aromatic N) is 4. The molecule has 1 aliphatic carbocycles. The summed E-state index contributed by atoms with van der Waals surface area (Å²) in [6.07, 6.45) is 3.19. The summed E-state index contributed by atoms with van der Waals surface area (Å²) in [7, 11) is 2.07. The first kappa shape index (κ1) is 13.6. The van der Waals surface area contributed by atoms with Crippen molar-refractivity contribution in [2.75, 3.05) is 31.1 Å². The van der Waals surface area contributed by atoms with E-state index in [0.717, 1.165) is 62.4 Å². The van der Waals surface area contributed by atoms with Crippen LogP contribution in [0.1, 0.15) is 19.3 Å². The SMILES string of the molecule is Cn1c(N2CCCN(C(=O)C3CC3)CC2)nc2ccccc21. The Hall–Kier alpha value is -2.04. The van der Waals surface area contributed by atoms with Gasteiger partial charge in [-0.3, -0.25) is 4.79 Å². The summed E-state index contributed by atoms with van der Waals surface area (Å²) < 4.78 is 2.16. The van der Waals surface area contributed by atoms with Crippen LogP contribution < -0.4 is 4.90 Å². The molecule has 22 heavy (non-hydrogen) atoms. The molecule has 2 fully saturated rings. The van der Waals surface area contributed by atoms with E-state index < -0.39 is 0 Å². The van der Waals surface area contributed by atoms with Gasteiger partial charge >= 0.3 is 0 Å². The van der Waals surface area contributed by atoms with Gasteiger partial charge in [-0.05, 0) is 31.4 Å². The van der Waals surface area contributed by atoms with Crippen molar-refractivity contribution in [1.82, 2.24) is 14.5 Å². The Morgan fingerprint density at radius 1 is 1.14 bits per heavy atom. The van der Waals surface area contributed by atoms with Crippen molar-refractivity contribution >= 4 is 22.9 Å². The van der Waals surface area contributed by atoms with Crippen LogP contribution in [0.5, 0.6) is 0 Å². The third-order valence-corrected chi connectivity index (χ3v) is 4.78. The molecule has 0 bridgehead atoms. The number of amides is 1. The van der Waals surface area contributed by atoms with E-state index in [0.29, 0.717) is 11.8 Å². The summed E-state index contributed by atoms with van der Waals surface area (Å²) >= 11 is 0. The van der Waals surface area contributed by atoms with Crippen molar-refractivity contribution in [2.24, 2.45) is 13.0 Å². The maximum atomic E-state index is 12.3. The summed E-state index contributed by atoms with van der Waals surface area (Å²) in [6.45, 7) is 3.54. The van der Waals surface area contributed by atoms with Gasteiger partial charge in [-0.2, -0.15) is 0 Å². The normalized spacial score (nSPS) is 19.5. The van der Waals surface area contributed by atoms with Crippen molar-refractivity contribution in [1.29, 1.82) is 0 Å². The number of benzene rings is 1. The number of fused-ring (bicyclic) bond motifs is 1. The molecule has 0 unspecified atom stereocenters. The zero-order valence-electron chi connectivity index (χ0n) is 13.0. The molecule has 0 atom stereocenters. The first-order valence-electron chi connectivity index (χ1n) is 8.19. The molecule has 4 rings (SSSR count). The first-order valence-corrected chi connectivity index (χ1v) is 8.19. The van der Waals surface area contributed by atoms with Gasteiger partial charge in [0.25, 0.3) is 0 Å². The number of aryl methyl sites for hydroxylation is 1. The molecule has 2 aliphatic rings. The summed E-state index contributed by atoms with van der Waals surface area (Å²) in [5, 5.41) is 0. The average molecular weight is 298 g/mol. The third kappa shape index (κ3) is 2.34. The largest absolute Gasteiger partial charge is 0.341 e. The minimum absolute atomic E-state index is 0.322. The number of rotatable bonds is 2. The standard InChI is InChI=1S/C17H22N4O/c1-19-15-6-3-2-5-14(15)18-17(19)21-10-4-9-20(11-12-21)16(22)13-7-8-13/h2-3,5-6,13H,4,7-12H2,1H3. The average Bonchev–Trinajstić information content (AvgIpc) is 3.35. The van der Waals surface area contributed by atoms with Crippen molar-refractivity contribution in [2.45, 2.75) is 19.3 Å². The van der Waals surface area contributed by atoms with Crippen molar-refractivity contribution in [3.8, 4) is 0 Å². The van der Waals surface area contributed by atoms with E-state index >= 15 is 0 Å². The molecule has 1 saturated carbocycles. The van der Waals surface area contributed by atoms with Crippen molar-refractivity contribution < 1.29 is 4.79 Å². The fourth-order valence-corrected chi connectivity index (χ4v) is 3.34. The molecule has 1 saturated heterocycles. The van der Waals surface area contributed by atoms with Crippen LogP contribution in [0, 0.1) is 5.92 Å². The van der Waals surface area contributed by atoms with E-state index in [9.17, 15) is 4.79 Å². The molecule has 1 aromatic carbocycles. The highest BCUT2D eigenvalue weighted by molar-refractivity contribution is 5.81. The Kier molecular flexibility index (Phi) is 3.28. The Morgan fingerprint density at radius 2 is 1.95 bits per heavy atom. The number of hydrogen-bond acceptors (Lipinski definition) is 3. The third-order valence-electron chi connectivity index (χ3n) is 4.78. The number of hydrogen-bond donors (Lipinski definition) is 0. The second kappa shape index (κ2) is 5.30. The van der Waals surface area contributed by atoms with Crippen LogP contribution in [0.15, 0.2) is 24.3 Å². The first-order chi connectivity index (χ1) is 10.7. The zero-order valence-corrected chi connectivity index (χ0v) is 13.0. The van der Waals surface area contributed by atoms with E-state index in [1.165, 1.54) is 0 Å². The van der Waals surface area contributed by atoms with Gasteiger partial charge in [0.2, 0.25) is 11.9 Å². The molecule has 5 heteroatoms. The molecule has 5 nitrogen and oxygen atoms in total. The number of carbonyl (C=O) groups is 1. The maximum Gasteiger partial charge on any atom is 0.225 e. The van der Waals surface area contributed by atoms with Gasteiger partial charge in [-0.15, -0.1) is 0 Å². The maximum absolute atomic E-state index is 12.3. The Morgan fingerprint density at radius 3 is 2.73 bits per heavy atom. The number of imidazole rings is 1. The van der Waals surface area contributed by atoms with Gasteiger partial charge < -0.3 is 14.4 Å². The molecule has 0 radical (unpaired) electrons. The molecular weight excluding hydrogens is 276 g/mol. The second-order valence-electron chi connectivity index (χ2n) is 6.40. The van der Waals surface area contributed by atoms with Crippen molar-refractivity contribution in [3.05, 3.63) is 24.3 Å². The summed E-state index contributed by atoms with van der Waals surface area (Å²) in [5.74, 6) is 1.70. The molecule has 116 valence electrons. The number of carbonyl (C=O) groups excluding carboxylic acids is 1. The lowest BCUT2D eigenvalue weighted by atomic mass is 10.3. The van der Waals surface area contributed by atoms with Gasteiger partial charge in [0, 0.05) is 39.1 Å². The van der Waals surface area contributed by atoms with E-state index in [4.69, 9.17) is 4.98 Å². The van der Waals surface area contributed by atoms with Gasteiger partial charge in [0.1, 0.15) is 0 Å². The van der Waals surface area contributed by atoms with Gasteiger partial charge in [0.05, 0.1) is 11.0 Å². The van der Waals surface area contributed by atoms with Crippen LogP contribution in [0.2, 0.25) is 0 Å². The van der Waals surface area contributed by atoms with E-state index in [1.54, 1.807) is 0 Å². The van der Waals surface area contributed by atoms with Crippen molar-refractivity contribution in [3.63, 3.8) is 0 Å². The molecular formula is C17H22N4O. The van der Waals surface area contributed by atoms with Gasteiger partial charge in [-0.1, -0.05) is 12.1 Å². The van der Waals surface area contributed by atoms with Crippen LogP contribution in [-0.4, -0.2) is 46.5 Å². The number of anilines is 1. The summed E-state index contributed by atoms with van der Waals surface area (Å²) in [4.78, 5) is 21.4. The van der Waals surface area contributed by atoms with E-state index in [1.807, 2.05) is 12.1 Å². The summed E-state index contributed by atoms with van der Waals surface area (Å²) in [5.41, 5.74) is 2.20. The minimum Gasteiger partial charge on any atom is -0.341 e. The fourth-order valence-electron chi connectivity index (χ4n) is 3.34. The lowest BCUT2D eigenvalue weighted by Crippen LogP contribution is -2.36. The highest BCUT2D eigenvalue weighted by Crippen LogP contribution is 2.31. The highest BCUT2D eigenvalue weighted by Gasteiger charge is 2.34. The Bertz CT molecular complexity index is 704. The van der Waals surface area contributed by atoms with E-state index in [2.05, 4.69) is 33.5 Å². The van der Waals surface area contributed by atoms with Crippen LogP contribution in [0.25, 0.3) is 11.0 Å². The minimum atomic E-state index is 0.322. The van der Waals surface area contributed by atoms with Gasteiger partial charge in [-0.25, -0.2) is 4.98 Å². The summed E-state index contributed by atoms with van der Waals surface area (Å²) in [6, 6.07) is 8.23. The van der Waals surface area contributed by atoms with Crippen LogP contribution in [-0.2, 0) is 11.8 Å². The number of para-hydroxylation sites is 2. The topological polar surface area (TPSA) is 41.4 Å². The predicted octanol–water partition coefficient (Wildman–Crippen LogP) is 2.02. The molecule has 2 heterocycles. The van der Waals surface area contributed by atoms with Crippen LogP contribution in [0.3, 0.4) is 0 Å². The van der Waals surface area contributed by atoms with E-state index in [-0.39, 0.29) is 0 Å². The quantitative estimate of drug-likeness (QED) is 0.852. The predicted molar refractivity (Wildman–Crippen MR) is 86.8 cm³/mol. The molecule has 0 spiro atoms. The second-order valence-corrected chi connectivity index (χ2v) is 6.40. The number of aromatic nitrogens is 2. The molecule has 1 amide bonds. The smallest absolute Gasteiger partial charge is 0.225 e. The Balaban J connectivity index is 1.54. The fraction of sp³-hybridized carbons (Fsp3) is 0.529. The van der Waals surface area contributed by atoms with Crippen LogP contribution >= 0.6 is 0 Å². The molecule has 1 aromatic heterocycles. The molecule has 0 N–H and O–H groups in total. The zero-order chi connectivity index (χ0) is 15.1. The van der Waals surface area contributed by atoms with Gasteiger partial charge in [0.15, 0.2) is 0 Å².